The summed E-state index contributed by atoms with van der Waals surface area (Å²) in [5, 5.41) is 20.0. The minimum Gasteiger partial charge on any atom is -0.358 e. The molecule has 32 heavy (non-hydrogen) atoms. The first-order valence-electron chi connectivity index (χ1n) is 9.27. The third-order valence-corrected chi connectivity index (χ3v) is 6.18. The van der Waals surface area contributed by atoms with Gasteiger partial charge in [-0.05, 0) is 37.3 Å². The van der Waals surface area contributed by atoms with Crippen LogP contribution in [-0.4, -0.2) is 39.3 Å². The number of thiophene rings is 1. The first-order valence-corrected chi connectivity index (χ1v) is 10.1. The predicted molar refractivity (Wildman–Crippen MR) is 109 cm³/mol. The van der Waals surface area contributed by atoms with Crippen molar-refractivity contribution < 1.29 is 18.1 Å². The third kappa shape index (κ3) is 2.97. The summed E-state index contributed by atoms with van der Waals surface area (Å²) in [6.45, 7) is 5.02. The lowest BCUT2D eigenvalue weighted by molar-refractivity contribution is -0.389. The molecule has 5 aromatic rings. The van der Waals surface area contributed by atoms with Crippen molar-refractivity contribution in [2.24, 2.45) is 0 Å². The lowest BCUT2D eigenvalue weighted by Crippen LogP contribution is -2.12. The van der Waals surface area contributed by atoms with E-state index in [0.29, 0.717) is 38.3 Å². The van der Waals surface area contributed by atoms with Crippen molar-refractivity contribution in [1.29, 1.82) is 0 Å². The molecule has 0 aliphatic rings. The van der Waals surface area contributed by atoms with E-state index >= 15 is 0 Å². The standard InChI is InChI=1S/C18H13F3N8O2S/c1-7-4-10(18(19,20)21)23-17-12(7)13-14(32-17)16-24-15(26-27(16)6-22-13)9(3)28-8(2)5-11(25-28)29(30)31/h4-6,9H,1-3H3. The first-order chi connectivity index (χ1) is 15.0. The summed E-state index contributed by atoms with van der Waals surface area (Å²) in [6, 6.07) is 1.83. The van der Waals surface area contributed by atoms with Gasteiger partial charge in [0.2, 0.25) is 0 Å². The van der Waals surface area contributed by atoms with Crippen LogP contribution < -0.4 is 0 Å². The summed E-state index contributed by atoms with van der Waals surface area (Å²) in [4.78, 5) is 23.4. The monoisotopic (exact) mass is 462 g/mol. The lowest BCUT2D eigenvalue weighted by atomic mass is 10.1. The van der Waals surface area contributed by atoms with Crippen molar-refractivity contribution in [2.45, 2.75) is 33.0 Å². The molecule has 5 heterocycles. The molecule has 0 fully saturated rings. The van der Waals surface area contributed by atoms with Crippen LogP contribution in [0.1, 0.15) is 35.7 Å². The minimum atomic E-state index is -4.56. The van der Waals surface area contributed by atoms with Crippen molar-refractivity contribution in [3.05, 3.63) is 51.4 Å². The second-order valence-electron chi connectivity index (χ2n) is 7.29. The normalized spacial score (nSPS) is 13.4. The van der Waals surface area contributed by atoms with Crippen LogP contribution in [0.2, 0.25) is 0 Å². The highest BCUT2D eigenvalue weighted by Crippen LogP contribution is 2.38. The predicted octanol–water partition coefficient (Wildman–Crippen LogP) is 4.24. The Morgan fingerprint density at radius 2 is 1.94 bits per heavy atom. The quantitative estimate of drug-likeness (QED) is 0.291. The van der Waals surface area contributed by atoms with Gasteiger partial charge >= 0.3 is 12.0 Å². The minimum absolute atomic E-state index is 0.212. The zero-order chi connectivity index (χ0) is 22.9. The van der Waals surface area contributed by atoms with Crippen LogP contribution in [0.15, 0.2) is 18.5 Å². The fraction of sp³-hybridized carbons (Fsp3) is 0.278. The van der Waals surface area contributed by atoms with E-state index in [1.54, 1.807) is 20.8 Å². The molecular formula is C18H13F3N8O2S. The molecule has 0 saturated heterocycles. The Hall–Kier alpha value is -3.68. The van der Waals surface area contributed by atoms with Crippen LogP contribution in [0.4, 0.5) is 19.0 Å². The third-order valence-electron chi connectivity index (χ3n) is 5.11. The van der Waals surface area contributed by atoms with E-state index in [2.05, 4.69) is 25.1 Å². The molecule has 0 radical (unpaired) electrons. The second-order valence-corrected chi connectivity index (χ2v) is 8.29. The average Bonchev–Trinajstić information content (AvgIpc) is 3.40. The largest absolute Gasteiger partial charge is 0.433 e. The van der Waals surface area contributed by atoms with Gasteiger partial charge in [-0.15, -0.1) is 16.4 Å². The molecule has 0 aliphatic carbocycles. The van der Waals surface area contributed by atoms with Gasteiger partial charge in [-0.1, -0.05) is 0 Å². The summed E-state index contributed by atoms with van der Waals surface area (Å²) in [6.07, 6.45) is -3.12. The van der Waals surface area contributed by atoms with Gasteiger partial charge in [0.15, 0.2) is 11.5 Å². The van der Waals surface area contributed by atoms with E-state index in [1.807, 2.05) is 0 Å². The maximum absolute atomic E-state index is 13.2. The highest BCUT2D eigenvalue weighted by molar-refractivity contribution is 7.26. The fourth-order valence-electron chi connectivity index (χ4n) is 3.61. The lowest BCUT2D eigenvalue weighted by Gasteiger charge is -2.06. The topological polar surface area (TPSA) is 117 Å². The molecule has 0 spiro atoms. The zero-order valence-corrected chi connectivity index (χ0v) is 17.6. The highest BCUT2D eigenvalue weighted by Gasteiger charge is 2.34. The summed E-state index contributed by atoms with van der Waals surface area (Å²) in [5.74, 6) is 0.0483. The Balaban J connectivity index is 1.68. The number of hydrogen-bond acceptors (Lipinski definition) is 8. The number of aryl methyl sites for hydroxylation is 2. The Labute approximate surface area is 180 Å². The van der Waals surface area contributed by atoms with Gasteiger partial charge in [0.1, 0.15) is 27.6 Å². The molecule has 0 amide bonds. The van der Waals surface area contributed by atoms with E-state index in [-0.39, 0.29) is 10.6 Å². The number of alkyl halides is 3. The van der Waals surface area contributed by atoms with Gasteiger partial charge in [-0.3, -0.25) is 0 Å². The van der Waals surface area contributed by atoms with Crippen LogP contribution >= 0.6 is 11.3 Å². The number of pyridine rings is 1. The molecular weight excluding hydrogens is 449 g/mol. The maximum atomic E-state index is 13.2. The summed E-state index contributed by atoms with van der Waals surface area (Å²) >= 11 is 1.06. The molecule has 0 bridgehead atoms. The van der Waals surface area contributed by atoms with Crippen molar-refractivity contribution in [3.63, 3.8) is 0 Å². The van der Waals surface area contributed by atoms with E-state index in [0.717, 1.165) is 17.4 Å². The van der Waals surface area contributed by atoms with Crippen molar-refractivity contribution in [2.75, 3.05) is 0 Å². The molecule has 0 aliphatic heterocycles. The van der Waals surface area contributed by atoms with Crippen molar-refractivity contribution in [3.8, 4) is 0 Å². The molecule has 5 aromatic heterocycles. The van der Waals surface area contributed by atoms with Gasteiger partial charge in [0.25, 0.3) is 0 Å². The van der Waals surface area contributed by atoms with Crippen LogP contribution in [0.25, 0.3) is 26.1 Å². The SMILES string of the molecule is Cc1cc(C(F)(F)F)nc2sc3c(ncn4nc(C(C)n5nc([N+](=O)[O-])cc5C)nc34)c12. The summed E-state index contributed by atoms with van der Waals surface area (Å²) in [5.41, 5.74) is 0.920. The van der Waals surface area contributed by atoms with Crippen LogP contribution in [0.5, 0.6) is 0 Å². The number of hydrogen-bond donors (Lipinski definition) is 0. The molecule has 0 N–H and O–H groups in total. The van der Waals surface area contributed by atoms with Gasteiger partial charge in [0.05, 0.1) is 22.4 Å². The van der Waals surface area contributed by atoms with E-state index < -0.39 is 22.8 Å². The molecule has 164 valence electrons. The Bertz CT molecular complexity index is 1550. The van der Waals surface area contributed by atoms with Crippen molar-refractivity contribution in [1.82, 2.24) is 34.3 Å². The highest BCUT2D eigenvalue weighted by atomic mass is 32.1. The van der Waals surface area contributed by atoms with Crippen molar-refractivity contribution >= 4 is 43.2 Å². The molecule has 1 unspecified atom stereocenters. The number of nitro groups is 1. The Morgan fingerprint density at radius 3 is 2.59 bits per heavy atom. The zero-order valence-electron chi connectivity index (χ0n) is 16.7. The smallest absolute Gasteiger partial charge is 0.358 e. The van der Waals surface area contributed by atoms with E-state index in [1.165, 1.54) is 21.6 Å². The maximum Gasteiger partial charge on any atom is 0.433 e. The average molecular weight is 462 g/mol. The van der Waals surface area contributed by atoms with Crippen LogP contribution in [0.3, 0.4) is 0 Å². The Morgan fingerprint density at radius 1 is 1.19 bits per heavy atom. The van der Waals surface area contributed by atoms with Crippen LogP contribution in [0, 0.1) is 24.0 Å². The molecule has 0 aromatic carbocycles. The molecule has 10 nitrogen and oxygen atoms in total. The molecule has 14 heteroatoms. The number of fused-ring (bicyclic) bond motifs is 5. The summed E-state index contributed by atoms with van der Waals surface area (Å²) in [7, 11) is 0. The first kappa shape index (κ1) is 20.2. The van der Waals surface area contributed by atoms with E-state index in [9.17, 15) is 23.3 Å². The molecule has 1 atom stereocenters. The molecule has 5 rings (SSSR count). The molecule has 0 saturated carbocycles. The van der Waals surface area contributed by atoms with Gasteiger partial charge in [-0.2, -0.15) is 17.9 Å². The number of nitrogens with zero attached hydrogens (tertiary/aromatic N) is 8. The number of halogens is 3. The number of aromatic nitrogens is 7. The van der Waals surface area contributed by atoms with Crippen LogP contribution in [-0.2, 0) is 6.18 Å². The van der Waals surface area contributed by atoms with Gasteiger partial charge in [0, 0.05) is 5.39 Å². The fourth-order valence-corrected chi connectivity index (χ4v) is 4.79. The van der Waals surface area contributed by atoms with E-state index in [4.69, 9.17) is 0 Å². The second kappa shape index (κ2) is 6.66. The summed E-state index contributed by atoms with van der Waals surface area (Å²) < 4.78 is 43.0. The Kier molecular flexibility index (Phi) is 4.21. The van der Waals surface area contributed by atoms with Gasteiger partial charge in [-0.25, -0.2) is 19.5 Å². The van der Waals surface area contributed by atoms with Gasteiger partial charge < -0.3 is 10.1 Å². The number of rotatable bonds is 3.